The maximum Gasteiger partial charge on any atom is 0.123 e. The van der Waals surface area contributed by atoms with Crippen LogP contribution in [-0.2, 0) is 6.42 Å². The summed E-state index contributed by atoms with van der Waals surface area (Å²) in [5, 5.41) is 6.62. The molecular formula is C16H21FN2S. The molecule has 2 aromatic rings. The number of nitrogens with zero attached hydrogens (tertiary/aromatic N) is 1. The molecule has 0 aliphatic heterocycles. The van der Waals surface area contributed by atoms with Gasteiger partial charge in [0, 0.05) is 30.5 Å². The van der Waals surface area contributed by atoms with Gasteiger partial charge >= 0.3 is 0 Å². The maximum atomic E-state index is 13.1. The zero-order chi connectivity index (χ0) is 14.4. The Labute approximate surface area is 124 Å². The molecule has 1 N–H and O–H groups in total. The highest BCUT2D eigenvalue weighted by Crippen LogP contribution is 2.22. The molecule has 0 saturated carbocycles. The lowest BCUT2D eigenvalue weighted by Crippen LogP contribution is -2.26. The molecule has 1 aromatic carbocycles. The molecule has 2 rings (SSSR count). The van der Waals surface area contributed by atoms with Gasteiger partial charge in [-0.05, 0) is 30.2 Å². The summed E-state index contributed by atoms with van der Waals surface area (Å²) in [4.78, 5) is 4.36. The van der Waals surface area contributed by atoms with Crippen molar-refractivity contribution in [3.8, 4) is 0 Å². The van der Waals surface area contributed by atoms with Crippen molar-refractivity contribution >= 4 is 11.3 Å². The molecule has 0 radical (unpaired) electrons. The highest BCUT2D eigenvalue weighted by atomic mass is 32.1. The van der Waals surface area contributed by atoms with Crippen LogP contribution in [0.15, 0.2) is 35.8 Å². The van der Waals surface area contributed by atoms with E-state index in [4.69, 9.17) is 0 Å². The third-order valence-corrected chi connectivity index (χ3v) is 3.99. The molecule has 1 heterocycles. The fourth-order valence-corrected chi connectivity index (χ4v) is 2.85. The molecule has 0 saturated heterocycles. The van der Waals surface area contributed by atoms with Crippen LogP contribution in [0.25, 0.3) is 0 Å². The van der Waals surface area contributed by atoms with Crippen LogP contribution in [0.5, 0.6) is 0 Å². The van der Waals surface area contributed by atoms with Crippen molar-refractivity contribution in [2.24, 2.45) is 5.92 Å². The second-order valence-corrected chi connectivity index (χ2v) is 6.41. The summed E-state index contributed by atoms with van der Waals surface area (Å²) < 4.78 is 13.1. The molecule has 0 aliphatic rings. The first-order valence-electron chi connectivity index (χ1n) is 6.99. The zero-order valence-electron chi connectivity index (χ0n) is 12.0. The van der Waals surface area contributed by atoms with Crippen LogP contribution in [-0.4, -0.2) is 18.1 Å². The third kappa shape index (κ3) is 4.69. The Morgan fingerprint density at radius 3 is 2.55 bits per heavy atom. The van der Waals surface area contributed by atoms with Crippen molar-refractivity contribution in [1.29, 1.82) is 0 Å². The molecule has 108 valence electrons. The molecule has 0 spiro atoms. The fourth-order valence-electron chi connectivity index (χ4n) is 2.15. The number of hydrogen-bond acceptors (Lipinski definition) is 3. The van der Waals surface area contributed by atoms with Gasteiger partial charge in [-0.1, -0.05) is 26.0 Å². The van der Waals surface area contributed by atoms with Gasteiger partial charge in [0.05, 0.1) is 5.01 Å². The van der Waals surface area contributed by atoms with E-state index in [1.807, 2.05) is 23.7 Å². The van der Waals surface area contributed by atoms with Crippen molar-refractivity contribution in [2.45, 2.75) is 26.2 Å². The van der Waals surface area contributed by atoms with Gasteiger partial charge in [-0.15, -0.1) is 11.3 Å². The van der Waals surface area contributed by atoms with E-state index in [1.54, 1.807) is 11.3 Å². The van der Waals surface area contributed by atoms with Gasteiger partial charge in [-0.2, -0.15) is 0 Å². The van der Waals surface area contributed by atoms with Crippen molar-refractivity contribution in [3.63, 3.8) is 0 Å². The summed E-state index contributed by atoms with van der Waals surface area (Å²) in [5.41, 5.74) is 1.16. The van der Waals surface area contributed by atoms with E-state index in [1.165, 1.54) is 12.1 Å². The Bertz CT molecular complexity index is 494. The van der Waals surface area contributed by atoms with E-state index < -0.39 is 0 Å². The molecular weight excluding hydrogens is 271 g/mol. The normalized spacial score (nSPS) is 12.8. The minimum absolute atomic E-state index is 0.183. The van der Waals surface area contributed by atoms with Crippen LogP contribution in [0.2, 0.25) is 0 Å². The second-order valence-electron chi connectivity index (χ2n) is 5.43. The summed E-state index contributed by atoms with van der Waals surface area (Å²) in [6.45, 7) is 6.28. The summed E-state index contributed by atoms with van der Waals surface area (Å²) in [7, 11) is 0. The Kier molecular flexibility index (Phi) is 5.68. The second kappa shape index (κ2) is 7.50. The van der Waals surface area contributed by atoms with Crippen molar-refractivity contribution in [1.82, 2.24) is 10.3 Å². The van der Waals surface area contributed by atoms with E-state index in [0.29, 0.717) is 11.8 Å². The quantitative estimate of drug-likeness (QED) is 0.838. The Morgan fingerprint density at radius 1 is 1.20 bits per heavy atom. The van der Waals surface area contributed by atoms with Gasteiger partial charge in [0.1, 0.15) is 5.82 Å². The number of rotatable bonds is 7. The molecule has 0 aliphatic carbocycles. The minimum Gasteiger partial charge on any atom is -0.316 e. The lowest BCUT2D eigenvalue weighted by Gasteiger charge is -2.18. The smallest absolute Gasteiger partial charge is 0.123 e. The highest BCUT2D eigenvalue weighted by Gasteiger charge is 2.14. The summed E-state index contributed by atoms with van der Waals surface area (Å²) >= 11 is 1.68. The summed E-state index contributed by atoms with van der Waals surface area (Å²) in [5.74, 6) is 0.779. The zero-order valence-corrected chi connectivity index (χ0v) is 12.8. The minimum atomic E-state index is -0.183. The number of halogens is 1. The Hall–Kier alpha value is -1.26. The molecule has 1 unspecified atom stereocenters. The molecule has 0 fully saturated rings. The van der Waals surface area contributed by atoms with Crippen LogP contribution in [0.1, 0.15) is 30.3 Å². The van der Waals surface area contributed by atoms with E-state index in [0.717, 1.165) is 30.1 Å². The number of nitrogens with one attached hydrogen (secondary N) is 1. The van der Waals surface area contributed by atoms with E-state index >= 15 is 0 Å². The third-order valence-electron chi connectivity index (χ3n) is 3.19. The SMILES string of the molecule is CC(C)CNCC(Cc1nccs1)c1ccc(F)cc1. The van der Waals surface area contributed by atoms with Gasteiger partial charge in [0.25, 0.3) is 0 Å². The van der Waals surface area contributed by atoms with Crippen LogP contribution < -0.4 is 5.32 Å². The van der Waals surface area contributed by atoms with E-state index in [2.05, 4.69) is 24.1 Å². The summed E-state index contributed by atoms with van der Waals surface area (Å²) in [6.07, 6.45) is 2.73. The molecule has 4 heteroatoms. The first-order valence-corrected chi connectivity index (χ1v) is 7.87. The lowest BCUT2D eigenvalue weighted by atomic mass is 9.95. The predicted octanol–water partition coefficient (Wildman–Crippen LogP) is 3.85. The Morgan fingerprint density at radius 2 is 1.95 bits per heavy atom. The average Bonchev–Trinajstić information content (AvgIpc) is 2.91. The largest absolute Gasteiger partial charge is 0.316 e. The van der Waals surface area contributed by atoms with Gasteiger partial charge in [-0.3, -0.25) is 0 Å². The molecule has 0 bridgehead atoms. The Balaban J connectivity index is 2.04. The van der Waals surface area contributed by atoms with Crippen molar-refractivity contribution in [3.05, 3.63) is 52.2 Å². The van der Waals surface area contributed by atoms with Gasteiger partial charge < -0.3 is 5.32 Å². The maximum absolute atomic E-state index is 13.1. The molecule has 0 amide bonds. The van der Waals surface area contributed by atoms with Gasteiger partial charge in [-0.25, -0.2) is 9.37 Å². The number of benzene rings is 1. The summed E-state index contributed by atoms with van der Waals surface area (Å²) in [6, 6.07) is 6.83. The molecule has 20 heavy (non-hydrogen) atoms. The molecule has 1 aromatic heterocycles. The molecule has 2 nitrogen and oxygen atoms in total. The molecule has 1 atom stereocenters. The fraction of sp³-hybridized carbons (Fsp3) is 0.438. The van der Waals surface area contributed by atoms with E-state index in [-0.39, 0.29) is 5.82 Å². The monoisotopic (exact) mass is 292 g/mol. The first kappa shape index (κ1) is 15.1. The lowest BCUT2D eigenvalue weighted by molar-refractivity contribution is 0.513. The average molecular weight is 292 g/mol. The van der Waals surface area contributed by atoms with Crippen LogP contribution >= 0.6 is 11.3 Å². The standard InChI is InChI=1S/C16H21FN2S/c1-12(2)10-18-11-14(9-16-19-7-8-20-16)13-3-5-15(17)6-4-13/h3-8,12,14,18H,9-11H2,1-2H3. The first-order chi connectivity index (χ1) is 9.65. The van der Waals surface area contributed by atoms with Crippen LogP contribution in [0.3, 0.4) is 0 Å². The van der Waals surface area contributed by atoms with E-state index in [9.17, 15) is 4.39 Å². The van der Waals surface area contributed by atoms with Crippen molar-refractivity contribution < 1.29 is 4.39 Å². The van der Waals surface area contributed by atoms with Gasteiger partial charge in [0.15, 0.2) is 0 Å². The number of hydrogen-bond donors (Lipinski definition) is 1. The predicted molar refractivity (Wildman–Crippen MR) is 82.7 cm³/mol. The van der Waals surface area contributed by atoms with Crippen molar-refractivity contribution in [2.75, 3.05) is 13.1 Å². The number of aromatic nitrogens is 1. The van der Waals surface area contributed by atoms with Gasteiger partial charge in [0.2, 0.25) is 0 Å². The van der Waals surface area contributed by atoms with Crippen LogP contribution in [0, 0.1) is 11.7 Å². The highest BCUT2D eigenvalue weighted by molar-refractivity contribution is 7.09. The topological polar surface area (TPSA) is 24.9 Å². The van der Waals surface area contributed by atoms with Crippen LogP contribution in [0.4, 0.5) is 4.39 Å². The number of thiazole rings is 1.